The van der Waals surface area contributed by atoms with Gasteiger partial charge in [-0.2, -0.15) is 4.31 Å². The number of hydrogen-bond acceptors (Lipinski definition) is 6. The fourth-order valence-electron chi connectivity index (χ4n) is 3.60. The molecule has 4 rings (SSSR count). The van der Waals surface area contributed by atoms with E-state index in [2.05, 4.69) is 12.2 Å². The normalized spacial score (nSPS) is 21.9. The number of sulfonamides is 1. The van der Waals surface area contributed by atoms with E-state index in [9.17, 15) is 13.2 Å². The van der Waals surface area contributed by atoms with Crippen LogP contribution >= 0.6 is 0 Å². The van der Waals surface area contributed by atoms with Crippen LogP contribution in [0.3, 0.4) is 0 Å². The standard InChI is InChI=1S/C22H26N2O6S/c1-15-13-18(15)19-7-4-17(30-19)5-8-22(25)23-16-3-6-20(28-2)21(14-16)31(26,27)24-9-11-29-12-10-24/h3-8,14-15,18H,9-13H2,1-2H3,(H,23,25)/b8-5+. The molecule has 166 valence electrons. The fraction of sp³-hybridized carbons (Fsp3) is 0.409. The maximum absolute atomic E-state index is 13.1. The summed E-state index contributed by atoms with van der Waals surface area (Å²) in [5.74, 6) is 2.50. The number of ether oxygens (including phenoxy) is 2. The van der Waals surface area contributed by atoms with Gasteiger partial charge in [0, 0.05) is 30.8 Å². The Hall–Kier alpha value is -2.62. The number of nitrogens with zero attached hydrogens (tertiary/aromatic N) is 1. The van der Waals surface area contributed by atoms with E-state index in [0.29, 0.717) is 36.5 Å². The highest BCUT2D eigenvalue weighted by Crippen LogP contribution is 2.47. The summed E-state index contributed by atoms with van der Waals surface area (Å²) in [6.07, 6.45) is 4.09. The predicted molar refractivity (Wildman–Crippen MR) is 115 cm³/mol. The molecule has 0 radical (unpaired) electrons. The average Bonchev–Trinajstić information content (AvgIpc) is 3.32. The number of hydrogen-bond donors (Lipinski definition) is 1. The first kappa shape index (κ1) is 21.6. The van der Waals surface area contributed by atoms with Crippen LogP contribution in [0.4, 0.5) is 5.69 Å². The maximum Gasteiger partial charge on any atom is 0.248 e. The fourth-order valence-corrected chi connectivity index (χ4v) is 5.19. The maximum atomic E-state index is 13.1. The summed E-state index contributed by atoms with van der Waals surface area (Å²) in [4.78, 5) is 12.4. The number of anilines is 1. The number of methoxy groups -OCH3 is 1. The van der Waals surface area contributed by atoms with E-state index in [-0.39, 0.29) is 23.7 Å². The Bertz CT molecular complexity index is 1090. The summed E-state index contributed by atoms with van der Waals surface area (Å²) in [6.45, 7) is 3.41. The summed E-state index contributed by atoms with van der Waals surface area (Å²) in [5.41, 5.74) is 0.356. The van der Waals surface area contributed by atoms with Crippen LogP contribution in [0, 0.1) is 5.92 Å². The van der Waals surface area contributed by atoms with Crippen LogP contribution in [-0.4, -0.2) is 52.0 Å². The Labute approximate surface area is 181 Å². The molecule has 1 aliphatic heterocycles. The third-order valence-electron chi connectivity index (χ3n) is 5.54. The molecule has 2 heterocycles. The molecule has 8 nitrogen and oxygen atoms in total. The van der Waals surface area contributed by atoms with Crippen molar-refractivity contribution in [1.82, 2.24) is 4.31 Å². The number of morpholine rings is 1. The summed E-state index contributed by atoms with van der Waals surface area (Å²) in [6, 6.07) is 8.32. The number of amides is 1. The van der Waals surface area contributed by atoms with Crippen LogP contribution in [0.5, 0.6) is 5.75 Å². The van der Waals surface area contributed by atoms with Gasteiger partial charge in [0.1, 0.15) is 22.2 Å². The molecule has 2 unspecified atom stereocenters. The summed E-state index contributed by atoms with van der Waals surface area (Å²) >= 11 is 0. The monoisotopic (exact) mass is 446 g/mol. The number of rotatable bonds is 7. The molecule has 0 bridgehead atoms. The van der Waals surface area contributed by atoms with E-state index in [1.165, 1.54) is 29.6 Å². The van der Waals surface area contributed by atoms with E-state index in [4.69, 9.17) is 13.9 Å². The highest BCUT2D eigenvalue weighted by atomic mass is 32.2. The Balaban J connectivity index is 1.47. The number of nitrogens with one attached hydrogen (secondary N) is 1. The molecule has 0 spiro atoms. The molecule has 9 heteroatoms. The number of carbonyl (C=O) groups is 1. The molecule has 1 N–H and O–H groups in total. The number of carbonyl (C=O) groups excluding carboxylic acids is 1. The molecule has 2 aliphatic rings. The first-order valence-electron chi connectivity index (χ1n) is 10.2. The quantitative estimate of drug-likeness (QED) is 0.657. The van der Waals surface area contributed by atoms with E-state index in [1.54, 1.807) is 12.1 Å². The molecule has 2 atom stereocenters. The lowest BCUT2D eigenvalue weighted by molar-refractivity contribution is -0.111. The lowest BCUT2D eigenvalue weighted by Gasteiger charge is -2.26. The Morgan fingerprint density at radius 2 is 1.97 bits per heavy atom. The highest BCUT2D eigenvalue weighted by molar-refractivity contribution is 7.89. The van der Waals surface area contributed by atoms with E-state index >= 15 is 0 Å². The molecular formula is C22H26N2O6S. The summed E-state index contributed by atoms with van der Waals surface area (Å²) in [5, 5.41) is 2.70. The molecule has 2 aromatic rings. The van der Waals surface area contributed by atoms with Gasteiger partial charge in [-0.3, -0.25) is 4.79 Å². The van der Waals surface area contributed by atoms with Gasteiger partial charge in [-0.15, -0.1) is 0 Å². The van der Waals surface area contributed by atoms with Gasteiger partial charge in [0.05, 0.1) is 20.3 Å². The highest BCUT2D eigenvalue weighted by Gasteiger charge is 2.36. The second-order valence-electron chi connectivity index (χ2n) is 7.76. The minimum Gasteiger partial charge on any atom is -0.495 e. The topological polar surface area (TPSA) is 98.1 Å². The molecule has 1 saturated carbocycles. The molecule has 1 amide bonds. The van der Waals surface area contributed by atoms with Crippen molar-refractivity contribution in [2.24, 2.45) is 5.92 Å². The molecule has 1 saturated heterocycles. The molecule has 1 aromatic carbocycles. The first-order valence-corrected chi connectivity index (χ1v) is 11.7. The lowest BCUT2D eigenvalue weighted by atomic mass is 10.3. The van der Waals surface area contributed by atoms with Gasteiger partial charge in [-0.25, -0.2) is 8.42 Å². The average molecular weight is 447 g/mol. The Morgan fingerprint density at radius 3 is 2.65 bits per heavy atom. The van der Waals surface area contributed by atoms with Crippen molar-refractivity contribution in [2.75, 3.05) is 38.7 Å². The van der Waals surface area contributed by atoms with Gasteiger partial charge in [0.15, 0.2) is 0 Å². The van der Waals surface area contributed by atoms with Crippen LogP contribution in [-0.2, 0) is 19.6 Å². The van der Waals surface area contributed by atoms with Crippen molar-refractivity contribution in [2.45, 2.75) is 24.2 Å². The largest absolute Gasteiger partial charge is 0.495 e. The van der Waals surface area contributed by atoms with Crippen LogP contribution in [0.25, 0.3) is 6.08 Å². The minimum atomic E-state index is -3.78. The van der Waals surface area contributed by atoms with Crippen molar-refractivity contribution < 1.29 is 27.1 Å². The van der Waals surface area contributed by atoms with Gasteiger partial charge in [-0.05, 0) is 48.7 Å². The van der Waals surface area contributed by atoms with Crippen molar-refractivity contribution in [1.29, 1.82) is 0 Å². The van der Waals surface area contributed by atoms with Gasteiger partial charge in [-0.1, -0.05) is 6.92 Å². The molecule has 1 aromatic heterocycles. The van der Waals surface area contributed by atoms with Gasteiger partial charge in [0.25, 0.3) is 0 Å². The van der Waals surface area contributed by atoms with Crippen molar-refractivity contribution in [3.05, 3.63) is 47.9 Å². The van der Waals surface area contributed by atoms with Crippen LogP contribution in [0.1, 0.15) is 30.8 Å². The SMILES string of the molecule is COc1ccc(NC(=O)/C=C/c2ccc(C3CC3C)o2)cc1S(=O)(=O)N1CCOCC1. The first-order chi connectivity index (χ1) is 14.9. The minimum absolute atomic E-state index is 0.00732. The van der Waals surface area contributed by atoms with E-state index < -0.39 is 15.9 Å². The predicted octanol–water partition coefficient (Wildman–Crippen LogP) is 3.08. The lowest BCUT2D eigenvalue weighted by Crippen LogP contribution is -2.40. The van der Waals surface area contributed by atoms with Crippen molar-refractivity contribution >= 4 is 27.7 Å². The number of furan rings is 1. The zero-order chi connectivity index (χ0) is 22.0. The molecular weight excluding hydrogens is 420 g/mol. The third-order valence-corrected chi connectivity index (χ3v) is 7.46. The zero-order valence-corrected chi connectivity index (χ0v) is 18.4. The third kappa shape index (κ3) is 4.84. The second kappa shape index (κ2) is 8.86. The van der Waals surface area contributed by atoms with Gasteiger partial charge in [0.2, 0.25) is 15.9 Å². The smallest absolute Gasteiger partial charge is 0.248 e. The van der Waals surface area contributed by atoms with Crippen LogP contribution < -0.4 is 10.1 Å². The van der Waals surface area contributed by atoms with E-state index in [0.717, 1.165) is 12.2 Å². The molecule has 31 heavy (non-hydrogen) atoms. The zero-order valence-electron chi connectivity index (χ0n) is 17.5. The summed E-state index contributed by atoms with van der Waals surface area (Å²) < 4.78 is 43.7. The van der Waals surface area contributed by atoms with Crippen LogP contribution in [0.15, 0.2) is 45.7 Å². The van der Waals surface area contributed by atoms with Crippen LogP contribution in [0.2, 0.25) is 0 Å². The van der Waals surface area contributed by atoms with Gasteiger partial charge < -0.3 is 19.2 Å². The molecule has 2 fully saturated rings. The van der Waals surface area contributed by atoms with Gasteiger partial charge >= 0.3 is 0 Å². The van der Waals surface area contributed by atoms with Crippen molar-refractivity contribution in [3.63, 3.8) is 0 Å². The molecule has 1 aliphatic carbocycles. The van der Waals surface area contributed by atoms with Crippen molar-refractivity contribution in [3.8, 4) is 5.75 Å². The Kier molecular flexibility index (Phi) is 6.17. The Morgan fingerprint density at radius 1 is 1.23 bits per heavy atom. The van der Waals surface area contributed by atoms with E-state index in [1.807, 2.05) is 12.1 Å². The second-order valence-corrected chi connectivity index (χ2v) is 9.67. The summed E-state index contributed by atoms with van der Waals surface area (Å²) in [7, 11) is -2.37. The number of benzene rings is 1.